The van der Waals surface area contributed by atoms with Crippen molar-refractivity contribution in [1.29, 1.82) is 0 Å². The summed E-state index contributed by atoms with van der Waals surface area (Å²) in [4.78, 5) is 34.9. The zero-order chi connectivity index (χ0) is 23.1. The summed E-state index contributed by atoms with van der Waals surface area (Å²) >= 11 is 0. The second-order valence-corrected chi connectivity index (χ2v) is 8.26. The van der Waals surface area contributed by atoms with Gasteiger partial charge >= 0.3 is 0 Å². The molecule has 0 unspecified atom stereocenters. The fourth-order valence-corrected chi connectivity index (χ4v) is 3.76. The molecule has 1 saturated carbocycles. The Morgan fingerprint density at radius 1 is 1.15 bits per heavy atom. The molecule has 1 amide bonds. The van der Waals surface area contributed by atoms with Crippen LogP contribution in [0.5, 0.6) is 0 Å². The Morgan fingerprint density at radius 2 is 1.97 bits per heavy atom. The van der Waals surface area contributed by atoms with E-state index in [1.54, 1.807) is 37.8 Å². The van der Waals surface area contributed by atoms with Gasteiger partial charge in [0, 0.05) is 41.8 Å². The molecule has 1 fully saturated rings. The number of anilines is 1. The van der Waals surface area contributed by atoms with Gasteiger partial charge < -0.3 is 14.5 Å². The normalized spacial score (nSPS) is 13.2. The molecule has 4 heterocycles. The molecular formula is C24H23N7O2. The van der Waals surface area contributed by atoms with E-state index in [9.17, 15) is 9.59 Å². The van der Waals surface area contributed by atoms with Gasteiger partial charge in [0.1, 0.15) is 23.4 Å². The van der Waals surface area contributed by atoms with Crippen LogP contribution in [0.15, 0.2) is 53.7 Å². The minimum absolute atomic E-state index is 0.0343. The summed E-state index contributed by atoms with van der Waals surface area (Å²) in [6.07, 6.45) is 5.64. The molecule has 0 atom stereocenters. The van der Waals surface area contributed by atoms with E-state index in [1.807, 2.05) is 36.6 Å². The third-order valence-corrected chi connectivity index (χ3v) is 5.92. The molecule has 0 aromatic carbocycles. The second kappa shape index (κ2) is 8.09. The first-order valence-corrected chi connectivity index (χ1v) is 10.7. The zero-order valence-electron chi connectivity index (χ0n) is 18.6. The number of nitrogens with zero attached hydrogens (tertiary/aromatic N) is 6. The first-order valence-electron chi connectivity index (χ1n) is 10.7. The zero-order valence-corrected chi connectivity index (χ0v) is 18.6. The quantitative estimate of drug-likeness (QED) is 0.509. The highest BCUT2D eigenvalue weighted by Gasteiger charge is 2.27. The lowest BCUT2D eigenvalue weighted by molar-refractivity contribution is 0.102. The van der Waals surface area contributed by atoms with E-state index in [1.165, 1.54) is 4.57 Å². The average Bonchev–Trinajstić information content (AvgIpc) is 3.54. The van der Waals surface area contributed by atoms with Crippen molar-refractivity contribution in [2.75, 3.05) is 5.32 Å². The highest BCUT2D eigenvalue weighted by Crippen LogP contribution is 2.37. The monoisotopic (exact) mass is 441 g/mol. The van der Waals surface area contributed by atoms with Crippen molar-refractivity contribution in [3.05, 3.63) is 76.2 Å². The lowest BCUT2D eigenvalue weighted by Gasteiger charge is -2.14. The van der Waals surface area contributed by atoms with E-state index in [0.717, 1.165) is 35.4 Å². The third-order valence-electron chi connectivity index (χ3n) is 5.92. The summed E-state index contributed by atoms with van der Waals surface area (Å²) < 4.78 is 3.48. The molecule has 0 spiro atoms. The van der Waals surface area contributed by atoms with Gasteiger partial charge in [-0.2, -0.15) is 0 Å². The van der Waals surface area contributed by atoms with E-state index in [4.69, 9.17) is 0 Å². The van der Waals surface area contributed by atoms with Crippen molar-refractivity contribution >= 4 is 11.7 Å². The topological polar surface area (TPSA) is 108 Å². The molecule has 1 aliphatic rings. The Morgan fingerprint density at radius 3 is 2.70 bits per heavy atom. The number of pyridine rings is 3. The number of carbonyl (C=O) groups is 1. The van der Waals surface area contributed by atoms with Gasteiger partial charge in [-0.3, -0.25) is 14.6 Å². The van der Waals surface area contributed by atoms with E-state index in [2.05, 4.69) is 25.5 Å². The SMILES string of the molecule is Cc1ccc(-c2cc(C(=O)Nc3cccc(-c4nncn4C4CC4)n3)c(=O)n(C)c2C)cn1. The van der Waals surface area contributed by atoms with Crippen LogP contribution in [0.1, 0.15) is 40.6 Å². The number of hydrogen-bond donors (Lipinski definition) is 1. The van der Waals surface area contributed by atoms with Gasteiger partial charge in [-0.05, 0) is 51.0 Å². The fourth-order valence-electron chi connectivity index (χ4n) is 3.76. The minimum Gasteiger partial charge on any atom is -0.315 e. The number of carbonyl (C=O) groups excluding carboxylic acids is 1. The molecule has 9 nitrogen and oxygen atoms in total. The molecule has 1 N–H and O–H groups in total. The van der Waals surface area contributed by atoms with Gasteiger partial charge in [0.05, 0.1) is 0 Å². The Kier molecular flexibility index (Phi) is 5.08. The van der Waals surface area contributed by atoms with E-state index >= 15 is 0 Å². The summed E-state index contributed by atoms with van der Waals surface area (Å²) in [5.41, 5.74) is 3.52. The summed E-state index contributed by atoms with van der Waals surface area (Å²) in [5.74, 6) is 0.475. The van der Waals surface area contributed by atoms with E-state index in [-0.39, 0.29) is 11.1 Å². The maximum absolute atomic E-state index is 13.1. The van der Waals surface area contributed by atoms with Crippen molar-refractivity contribution in [1.82, 2.24) is 29.3 Å². The standard InChI is InChI=1S/C24H23N7O2/c1-14-7-8-16(12-25-14)18-11-19(24(33)30(3)15(18)2)23(32)28-21-6-4-5-20(27-21)22-29-26-13-31(22)17-9-10-17/h4-8,11-13,17H,9-10H2,1-3H3,(H,27,28,32). The van der Waals surface area contributed by atoms with Crippen molar-refractivity contribution in [2.45, 2.75) is 32.7 Å². The molecule has 5 rings (SSSR count). The van der Waals surface area contributed by atoms with E-state index < -0.39 is 5.91 Å². The molecule has 0 radical (unpaired) electrons. The van der Waals surface area contributed by atoms with Crippen LogP contribution in [0.2, 0.25) is 0 Å². The van der Waals surface area contributed by atoms with Crippen LogP contribution >= 0.6 is 0 Å². The fraction of sp³-hybridized carbons (Fsp3) is 0.250. The van der Waals surface area contributed by atoms with Crippen molar-refractivity contribution in [2.24, 2.45) is 7.05 Å². The summed E-state index contributed by atoms with van der Waals surface area (Å²) in [6, 6.07) is 11.1. The average molecular weight is 441 g/mol. The highest BCUT2D eigenvalue weighted by molar-refractivity contribution is 6.04. The van der Waals surface area contributed by atoms with Crippen LogP contribution in [0.3, 0.4) is 0 Å². The number of aryl methyl sites for hydroxylation is 1. The van der Waals surface area contributed by atoms with Crippen molar-refractivity contribution < 1.29 is 4.79 Å². The molecule has 0 aliphatic heterocycles. The van der Waals surface area contributed by atoms with Crippen LogP contribution in [-0.4, -0.2) is 35.2 Å². The van der Waals surface area contributed by atoms with Crippen molar-refractivity contribution in [3.8, 4) is 22.6 Å². The number of amides is 1. The van der Waals surface area contributed by atoms with Gasteiger partial charge in [0.25, 0.3) is 11.5 Å². The number of hydrogen-bond acceptors (Lipinski definition) is 6. The predicted octanol–water partition coefficient (Wildman–Crippen LogP) is 3.30. The molecule has 166 valence electrons. The van der Waals surface area contributed by atoms with Crippen LogP contribution < -0.4 is 10.9 Å². The molecule has 0 bridgehead atoms. The van der Waals surface area contributed by atoms with Gasteiger partial charge in [-0.1, -0.05) is 12.1 Å². The van der Waals surface area contributed by atoms with Crippen LogP contribution in [0, 0.1) is 13.8 Å². The van der Waals surface area contributed by atoms with Gasteiger partial charge in [0.15, 0.2) is 5.82 Å². The summed E-state index contributed by atoms with van der Waals surface area (Å²) in [7, 11) is 1.66. The largest absolute Gasteiger partial charge is 0.315 e. The summed E-state index contributed by atoms with van der Waals surface area (Å²) in [5, 5.41) is 11.0. The van der Waals surface area contributed by atoms with Crippen LogP contribution in [-0.2, 0) is 7.05 Å². The third kappa shape index (κ3) is 3.93. The highest BCUT2D eigenvalue weighted by atomic mass is 16.2. The maximum atomic E-state index is 13.1. The minimum atomic E-state index is -0.523. The van der Waals surface area contributed by atoms with Gasteiger partial charge in [0.2, 0.25) is 0 Å². The lowest BCUT2D eigenvalue weighted by atomic mass is 10.0. The molecule has 9 heteroatoms. The summed E-state index contributed by atoms with van der Waals surface area (Å²) in [6.45, 7) is 3.75. The maximum Gasteiger partial charge on any atom is 0.263 e. The lowest BCUT2D eigenvalue weighted by Crippen LogP contribution is -2.29. The molecule has 1 aliphatic carbocycles. The number of rotatable bonds is 5. The Labute approximate surface area is 190 Å². The van der Waals surface area contributed by atoms with E-state index in [0.29, 0.717) is 23.4 Å². The molecule has 4 aromatic heterocycles. The Balaban J connectivity index is 1.47. The molecule has 0 saturated heterocycles. The van der Waals surface area contributed by atoms with Crippen LogP contribution in [0.25, 0.3) is 22.6 Å². The Hall–Kier alpha value is -4.14. The number of nitrogens with one attached hydrogen (secondary N) is 1. The van der Waals surface area contributed by atoms with Crippen molar-refractivity contribution in [3.63, 3.8) is 0 Å². The van der Waals surface area contributed by atoms with Crippen LogP contribution in [0.4, 0.5) is 5.82 Å². The smallest absolute Gasteiger partial charge is 0.263 e. The Bertz CT molecular complexity index is 1420. The second-order valence-electron chi connectivity index (χ2n) is 8.26. The number of aromatic nitrogens is 6. The molecule has 4 aromatic rings. The first-order chi connectivity index (χ1) is 15.9. The first kappa shape index (κ1) is 20.7. The molecule has 33 heavy (non-hydrogen) atoms. The van der Waals surface area contributed by atoms with Gasteiger partial charge in [-0.25, -0.2) is 4.98 Å². The predicted molar refractivity (Wildman–Crippen MR) is 124 cm³/mol. The van der Waals surface area contributed by atoms with Gasteiger partial charge in [-0.15, -0.1) is 10.2 Å². The molecular weight excluding hydrogens is 418 g/mol.